The molecular weight excluding hydrogens is 254 g/mol. The summed E-state index contributed by atoms with van der Waals surface area (Å²) in [5, 5.41) is 5.74. The number of carbonyl (C=O) groups is 2. The number of benzene rings is 1. The topological polar surface area (TPSA) is 84.2 Å². The average molecular weight is 275 g/mol. The number of amides is 2. The molecule has 1 saturated carbocycles. The molecule has 2 rings (SSSR count). The summed E-state index contributed by atoms with van der Waals surface area (Å²) in [6, 6.07) is 5.53. The smallest absolute Gasteiger partial charge is 0.227 e. The van der Waals surface area contributed by atoms with Crippen molar-refractivity contribution in [2.45, 2.75) is 32.6 Å². The van der Waals surface area contributed by atoms with Gasteiger partial charge >= 0.3 is 0 Å². The van der Waals surface area contributed by atoms with E-state index in [1.807, 2.05) is 19.1 Å². The lowest BCUT2D eigenvalue weighted by Gasteiger charge is -2.11. The zero-order valence-electron chi connectivity index (χ0n) is 11.7. The summed E-state index contributed by atoms with van der Waals surface area (Å²) in [6.07, 6.45) is 3.03. The molecule has 5 nitrogen and oxygen atoms in total. The zero-order chi connectivity index (χ0) is 14.5. The summed E-state index contributed by atoms with van der Waals surface area (Å²) in [5.74, 6) is 0.177. The second-order valence-electron chi connectivity index (χ2n) is 5.23. The maximum Gasteiger partial charge on any atom is 0.227 e. The fraction of sp³-hybridized carbons (Fsp3) is 0.467. The molecule has 0 spiro atoms. The second kappa shape index (κ2) is 6.52. The standard InChI is InChI=1S/C15H21N3O2/c1-10-4-7-12(17-14(19)3-2-8-16)9-13(10)18-15(20)11-5-6-11/h4,7,9,11H,2-3,5-6,8,16H2,1H3,(H,17,19)(H,18,20). The van der Waals surface area contributed by atoms with E-state index >= 15 is 0 Å². The lowest BCUT2D eigenvalue weighted by molar-refractivity contribution is -0.117. The number of hydrogen-bond acceptors (Lipinski definition) is 3. The van der Waals surface area contributed by atoms with Gasteiger partial charge < -0.3 is 16.4 Å². The molecule has 1 aliphatic rings. The van der Waals surface area contributed by atoms with E-state index in [0.717, 1.165) is 24.1 Å². The average Bonchev–Trinajstić information content (AvgIpc) is 3.24. The molecule has 1 aliphatic carbocycles. The van der Waals surface area contributed by atoms with E-state index in [2.05, 4.69) is 10.6 Å². The molecule has 108 valence electrons. The molecule has 1 aromatic carbocycles. The molecule has 0 aromatic heterocycles. The van der Waals surface area contributed by atoms with E-state index < -0.39 is 0 Å². The quantitative estimate of drug-likeness (QED) is 0.742. The Labute approximate surface area is 118 Å². The van der Waals surface area contributed by atoms with Crippen LogP contribution in [0.1, 0.15) is 31.2 Å². The first-order valence-corrected chi connectivity index (χ1v) is 7.01. The Bertz CT molecular complexity index is 510. The Morgan fingerprint density at radius 2 is 2.05 bits per heavy atom. The number of aryl methyl sites for hydroxylation is 1. The van der Waals surface area contributed by atoms with Gasteiger partial charge in [-0.3, -0.25) is 9.59 Å². The fourth-order valence-electron chi connectivity index (χ4n) is 1.90. The van der Waals surface area contributed by atoms with E-state index in [-0.39, 0.29) is 17.7 Å². The van der Waals surface area contributed by atoms with Crippen molar-refractivity contribution in [1.29, 1.82) is 0 Å². The first kappa shape index (κ1) is 14.5. The molecule has 0 bridgehead atoms. The molecule has 0 radical (unpaired) electrons. The van der Waals surface area contributed by atoms with Gasteiger partial charge in [-0.2, -0.15) is 0 Å². The van der Waals surface area contributed by atoms with Gasteiger partial charge in [0.1, 0.15) is 0 Å². The second-order valence-corrected chi connectivity index (χ2v) is 5.23. The van der Waals surface area contributed by atoms with Gasteiger partial charge in [0, 0.05) is 23.7 Å². The fourth-order valence-corrected chi connectivity index (χ4v) is 1.90. The van der Waals surface area contributed by atoms with Crippen LogP contribution < -0.4 is 16.4 Å². The minimum Gasteiger partial charge on any atom is -0.330 e. The molecular formula is C15H21N3O2. The van der Waals surface area contributed by atoms with Gasteiger partial charge in [0.2, 0.25) is 11.8 Å². The van der Waals surface area contributed by atoms with Gasteiger partial charge in [0.15, 0.2) is 0 Å². The summed E-state index contributed by atoms with van der Waals surface area (Å²) >= 11 is 0. The van der Waals surface area contributed by atoms with E-state index in [0.29, 0.717) is 25.1 Å². The highest BCUT2D eigenvalue weighted by atomic mass is 16.2. The summed E-state index contributed by atoms with van der Waals surface area (Å²) in [5.41, 5.74) is 7.82. The molecule has 1 aromatic rings. The van der Waals surface area contributed by atoms with E-state index in [4.69, 9.17) is 5.73 Å². The number of nitrogens with one attached hydrogen (secondary N) is 2. The van der Waals surface area contributed by atoms with Gasteiger partial charge in [-0.15, -0.1) is 0 Å². The Morgan fingerprint density at radius 1 is 1.30 bits per heavy atom. The number of anilines is 2. The molecule has 0 aliphatic heterocycles. The number of nitrogens with two attached hydrogens (primary N) is 1. The SMILES string of the molecule is Cc1ccc(NC(=O)CCCN)cc1NC(=O)C1CC1. The van der Waals surface area contributed by atoms with Gasteiger partial charge in [0.25, 0.3) is 0 Å². The molecule has 4 N–H and O–H groups in total. The third-order valence-electron chi connectivity index (χ3n) is 3.34. The van der Waals surface area contributed by atoms with Crippen molar-refractivity contribution in [1.82, 2.24) is 0 Å². The summed E-state index contributed by atoms with van der Waals surface area (Å²) in [6.45, 7) is 2.44. The molecule has 0 saturated heterocycles. The van der Waals surface area contributed by atoms with Gasteiger partial charge in [0.05, 0.1) is 0 Å². The highest BCUT2D eigenvalue weighted by Gasteiger charge is 2.29. The molecule has 0 heterocycles. The molecule has 0 unspecified atom stereocenters. The van der Waals surface area contributed by atoms with Crippen LogP contribution in [0.15, 0.2) is 18.2 Å². The Kier molecular flexibility index (Phi) is 4.74. The minimum atomic E-state index is -0.0567. The van der Waals surface area contributed by atoms with Crippen molar-refractivity contribution in [3.05, 3.63) is 23.8 Å². The summed E-state index contributed by atoms with van der Waals surface area (Å²) in [4.78, 5) is 23.4. The molecule has 20 heavy (non-hydrogen) atoms. The van der Waals surface area contributed by atoms with Gasteiger partial charge in [-0.25, -0.2) is 0 Å². The third-order valence-corrected chi connectivity index (χ3v) is 3.34. The third kappa shape index (κ3) is 4.06. The monoisotopic (exact) mass is 275 g/mol. The maximum atomic E-state index is 11.8. The molecule has 5 heteroatoms. The normalized spacial score (nSPS) is 13.9. The van der Waals surface area contributed by atoms with Crippen LogP contribution in [0.4, 0.5) is 11.4 Å². The number of carbonyl (C=O) groups excluding carboxylic acids is 2. The lowest BCUT2D eigenvalue weighted by Crippen LogP contribution is -2.16. The summed E-state index contributed by atoms with van der Waals surface area (Å²) in [7, 11) is 0. The van der Waals surface area contributed by atoms with Crippen LogP contribution in [0.5, 0.6) is 0 Å². The van der Waals surface area contributed by atoms with Crippen LogP contribution in [-0.4, -0.2) is 18.4 Å². The van der Waals surface area contributed by atoms with Gasteiger partial charge in [-0.1, -0.05) is 6.07 Å². The first-order chi connectivity index (χ1) is 9.60. The number of hydrogen-bond donors (Lipinski definition) is 3. The van der Waals surface area contributed by atoms with Crippen LogP contribution in [0.2, 0.25) is 0 Å². The van der Waals surface area contributed by atoms with Crippen molar-refractivity contribution in [3.8, 4) is 0 Å². The number of rotatable bonds is 6. The maximum absolute atomic E-state index is 11.8. The van der Waals surface area contributed by atoms with Crippen molar-refractivity contribution >= 4 is 23.2 Å². The Morgan fingerprint density at radius 3 is 2.70 bits per heavy atom. The summed E-state index contributed by atoms with van der Waals surface area (Å²) < 4.78 is 0. The van der Waals surface area contributed by atoms with Crippen LogP contribution in [-0.2, 0) is 9.59 Å². The molecule has 1 fully saturated rings. The van der Waals surface area contributed by atoms with E-state index in [1.165, 1.54) is 0 Å². The van der Waals surface area contributed by atoms with Crippen molar-refractivity contribution in [2.75, 3.05) is 17.2 Å². The minimum absolute atomic E-state index is 0.0567. The predicted molar refractivity (Wildman–Crippen MR) is 79.5 cm³/mol. The van der Waals surface area contributed by atoms with Crippen molar-refractivity contribution < 1.29 is 9.59 Å². The first-order valence-electron chi connectivity index (χ1n) is 7.01. The van der Waals surface area contributed by atoms with E-state index in [9.17, 15) is 9.59 Å². The Hall–Kier alpha value is -1.88. The Balaban J connectivity index is 1.99. The highest BCUT2D eigenvalue weighted by molar-refractivity contribution is 5.96. The highest BCUT2D eigenvalue weighted by Crippen LogP contribution is 2.31. The van der Waals surface area contributed by atoms with Crippen LogP contribution in [0.25, 0.3) is 0 Å². The lowest BCUT2D eigenvalue weighted by atomic mass is 10.1. The van der Waals surface area contributed by atoms with E-state index in [1.54, 1.807) is 6.07 Å². The molecule has 2 amide bonds. The van der Waals surface area contributed by atoms with Crippen molar-refractivity contribution in [3.63, 3.8) is 0 Å². The molecule has 0 atom stereocenters. The zero-order valence-corrected chi connectivity index (χ0v) is 11.7. The predicted octanol–water partition coefficient (Wildman–Crippen LogP) is 2.02. The largest absolute Gasteiger partial charge is 0.330 e. The van der Waals surface area contributed by atoms with Crippen LogP contribution in [0, 0.1) is 12.8 Å². The van der Waals surface area contributed by atoms with Crippen LogP contribution >= 0.6 is 0 Å². The van der Waals surface area contributed by atoms with Crippen molar-refractivity contribution in [2.24, 2.45) is 11.7 Å². The van der Waals surface area contributed by atoms with Crippen LogP contribution in [0.3, 0.4) is 0 Å². The van der Waals surface area contributed by atoms with Gasteiger partial charge in [-0.05, 0) is 50.4 Å².